The van der Waals surface area contributed by atoms with Gasteiger partial charge in [-0.15, -0.1) is 0 Å². The lowest BCUT2D eigenvalue weighted by molar-refractivity contribution is -0.131. The minimum Gasteiger partial charge on any atom is -0.493 e. The van der Waals surface area contributed by atoms with Gasteiger partial charge in [-0.25, -0.2) is 0 Å². The van der Waals surface area contributed by atoms with Crippen LogP contribution in [0, 0.1) is 5.92 Å². The fourth-order valence-corrected chi connectivity index (χ4v) is 3.53. The molecule has 1 heterocycles. The molecule has 3 rings (SSSR count). The summed E-state index contributed by atoms with van der Waals surface area (Å²) >= 11 is 0. The Hall–Kier alpha value is -3.02. The third kappa shape index (κ3) is 6.48. The largest absolute Gasteiger partial charge is 0.493 e. The number of carbonyl (C=O) groups excluding carboxylic acids is 2. The monoisotopic (exact) mass is 423 g/mol. The van der Waals surface area contributed by atoms with Gasteiger partial charge in [-0.05, 0) is 54.8 Å². The van der Waals surface area contributed by atoms with Crippen LogP contribution in [0.3, 0.4) is 0 Å². The molecule has 0 saturated carbocycles. The van der Waals surface area contributed by atoms with Crippen molar-refractivity contribution in [3.63, 3.8) is 0 Å². The van der Waals surface area contributed by atoms with Gasteiger partial charge in [-0.3, -0.25) is 9.59 Å². The lowest BCUT2D eigenvalue weighted by atomic mass is 10.2. The van der Waals surface area contributed by atoms with Gasteiger partial charge in [0.05, 0.1) is 6.61 Å². The second-order valence-corrected chi connectivity index (χ2v) is 8.35. The molecule has 0 atom stereocenters. The lowest BCUT2D eigenvalue weighted by Gasteiger charge is -2.36. The molecule has 0 radical (unpaired) electrons. The predicted molar refractivity (Wildman–Crippen MR) is 125 cm³/mol. The molecule has 2 amide bonds. The van der Waals surface area contributed by atoms with Crippen molar-refractivity contribution in [2.24, 2.45) is 5.92 Å². The first-order chi connectivity index (χ1) is 15.0. The fourth-order valence-electron chi connectivity index (χ4n) is 3.53. The molecule has 6 heteroatoms. The number of anilines is 2. The molecular weight excluding hydrogens is 390 g/mol. The van der Waals surface area contributed by atoms with E-state index in [2.05, 4.69) is 24.1 Å². The Morgan fingerprint density at radius 1 is 1.03 bits per heavy atom. The summed E-state index contributed by atoms with van der Waals surface area (Å²) in [7, 11) is 0. The molecule has 2 aromatic carbocycles. The van der Waals surface area contributed by atoms with Gasteiger partial charge in [-0.2, -0.15) is 0 Å². The van der Waals surface area contributed by atoms with Crippen LogP contribution in [0.25, 0.3) is 0 Å². The van der Waals surface area contributed by atoms with Crippen molar-refractivity contribution < 1.29 is 14.3 Å². The summed E-state index contributed by atoms with van der Waals surface area (Å²) < 4.78 is 5.72. The van der Waals surface area contributed by atoms with E-state index >= 15 is 0 Å². The number of nitrogens with zero attached hydrogens (tertiary/aromatic N) is 2. The van der Waals surface area contributed by atoms with Crippen LogP contribution in [0.2, 0.25) is 0 Å². The number of amides is 2. The van der Waals surface area contributed by atoms with Gasteiger partial charge in [0.1, 0.15) is 5.75 Å². The van der Waals surface area contributed by atoms with E-state index in [0.717, 1.165) is 44.0 Å². The molecule has 0 bridgehead atoms. The van der Waals surface area contributed by atoms with Gasteiger partial charge in [0.15, 0.2) is 0 Å². The zero-order valence-corrected chi connectivity index (χ0v) is 18.8. The second kappa shape index (κ2) is 10.8. The van der Waals surface area contributed by atoms with Crippen LogP contribution in [-0.2, 0) is 4.79 Å². The van der Waals surface area contributed by atoms with Gasteiger partial charge >= 0.3 is 0 Å². The van der Waals surface area contributed by atoms with Crippen molar-refractivity contribution in [2.45, 2.75) is 33.6 Å². The maximum absolute atomic E-state index is 12.6. The van der Waals surface area contributed by atoms with E-state index in [1.807, 2.05) is 48.2 Å². The van der Waals surface area contributed by atoms with Gasteiger partial charge in [0, 0.05) is 49.5 Å². The number of nitrogens with one attached hydrogen (secondary N) is 1. The Labute approximate surface area is 185 Å². The molecule has 1 aliphatic heterocycles. The number of carbonyl (C=O) groups is 2. The average Bonchev–Trinajstić information content (AvgIpc) is 2.78. The Morgan fingerprint density at radius 2 is 1.74 bits per heavy atom. The Balaban J connectivity index is 1.54. The Bertz CT molecular complexity index is 872. The highest BCUT2D eigenvalue weighted by molar-refractivity contribution is 6.04. The standard InChI is InChI=1S/C25H33N3O3/c1-4-6-24(29)28-15-13-27(14-16-28)22-11-9-21(10-12-22)26-25(30)20-7-5-8-23(17-20)31-18-19(2)3/h5,7-12,17,19H,4,6,13-16,18H2,1-3H3,(H,26,30). The minimum atomic E-state index is -0.161. The van der Waals surface area contributed by atoms with Gasteiger partial charge in [-0.1, -0.05) is 26.8 Å². The molecule has 6 nitrogen and oxygen atoms in total. The summed E-state index contributed by atoms with van der Waals surface area (Å²) in [4.78, 5) is 28.9. The van der Waals surface area contributed by atoms with Crippen molar-refractivity contribution >= 4 is 23.2 Å². The summed E-state index contributed by atoms with van der Waals surface area (Å²) in [5.41, 5.74) is 2.42. The maximum atomic E-state index is 12.6. The number of rotatable bonds is 8. The number of hydrogen-bond acceptors (Lipinski definition) is 4. The number of benzene rings is 2. The zero-order valence-electron chi connectivity index (χ0n) is 18.8. The first-order valence-electron chi connectivity index (χ1n) is 11.1. The maximum Gasteiger partial charge on any atom is 0.255 e. The van der Waals surface area contributed by atoms with E-state index in [4.69, 9.17) is 4.74 Å². The van der Waals surface area contributed by atoms with Crippen LogP contribution in [0.4, 0.5) is 11.4 Å². The molecular formula is C25H33N3O3. The van der Waals surface area contributed by atoms with Crippen LogP contribution in [0.15, 0.2) is 48.5 Å². The Kier molecular flexibility index (Phi) is 7.93. The summed E-state index contributed by atoms with van der Waals surface area (Å²) in [5, 5.41) is 2.95. The number of hydrogen-bond donors (Lipinski definition) is 1. The normalized spacial score (nSPS) is 13.9. The molecule has 0 unspecified atom stereocenters. The third-order valence-electron chi connectivity index (χ3n) is 5.27. The molecule has 0 aromatic heterocycles. The molecule has 0 aliphatic carbocycles. The minimum absolute atomic E-state index is 0.161. The van der Waals surface area contributed by atoms with Crippen LogP contribution in [0.5, 0.6) is 5.75 Å². The van der Waals surface area contributed by atoms with Gasteiger partial charge in [0.2, 0.25) is 5.91 Å². The first kappa shape index (κ1) is 22.7. The van der Waals surface area contributed by atoms with E-state index < -0.39 is 0 Å². The third-order valence-corrected chi connectivity index (χ3v) is 5.27. The van der Waals surface area contributed by atoms with E-state index in [0.29, 0.717) is 30.3 Å². The highest BCUT2D eigenvalue weighted by atomic mass is 16.5. The lowest BCUT2D eigenvalue weighted by Crippen LogP contribution is -2.48. The zero-order chi connectivity index (χ0) is 22.2. The summed E-state index contributed by atoms with van der Waals surface area (Å²) in [6.07, 6.45) is 1.52. The van der Waals surface area contributed by atoms with Crippen molar-refractivity contribution in [3.8, 4) is 5.75 Å². The van der Waals surface area contributed by atoms with E-state index in [1.54, 1.807) is 12.1 Å². The first-order valence-corrected chi connectivity index (χ1v) is 11.1. The van der Waals surface area contributed by atoms with Crippen molar-refractivity contribution in [1.82, 2.24) is 4.90 Å². The molecule has 1 aliphatic rings. The molecule has 0 spiro atoms. The van der Waals surface area contributed by atoms with E-state index in [-0.39, 0.29) is 11.8 Å². The topological polar surface area (TPSA) is 61.9 Å². The Morgan fingerprint density at radius 3 is 2.39 bits per heavy atom. The highest BCUT2D eigenvalue weighted by Gasteiger charge is 2.20. The fraction of sp³-hybridized carbons (Fsp3) is 0.440. The van der Waals surface area contributed by atoms with Crippen molar-refractivity contribution in [2.75, 3.05) is 43.0 Å². The van der Waals surface area contributed by atoms with Gasteiger partial charge < -0.3 is 19.9 Å². The second-order valence-electron chi connectivity index (χ2n) is 8.35. The molecule has 1 N–H and O–H groups in total. The van der Waals surface area contributed by atoms with Crippen molar-refractivity contribution in [1.29, 1.82) is 0 Å². The average molecular weight is 424 g/mol. The summed E-state index contributed by atoms with van der Waals surface area (Å²) in [5.74, 6) is 1.22. The molecule has 1 saturated heterocycles. The summed E-state index contributed by atoms with van der Waals surface area (Å²) in [6.45, 7) is 9.99. The SMILES string of the molecule is CCCC(=O)N1CCN(c2ccc(NC(=O)c3cccc(OCC(C)C)c3)cc2)CC1. The molecule has 1 fully saturated rings. The van der Waals surface area contributed by atoms with E-state index in [1.165, 1.54) is 0 Å². The summed E-state index contributed by atoms with van der Waals surface area (Å²) in [6, 6.07) is 15.1. The van der Waals surface area contributed by atoms with Crippen LogP contribution < -0.4 is 15.0 Å². The van der Waals surface area contributed by atoms with Gasteiger partial charge in [0.25, 0.3) is 5.91 Å². The van der Waals surface area contributed by atoms with Crippen LogP contribution in [0.1, 0.15) is 44.0 Å². The van der Waals surface area contributed by atoms with Crippen LogP contribution in [-0.4, -0.2) is 49.5 Å². The molecule has 2 aromatic rings. The van der Waals surface area contributed by atoms with E-state index in [9.17, 15) is 9.59 Å². The molecule has 166 valence electrons. The predicted octanol–water partition coefficient (Wildman–Crippen LogP) is 4.42. The number of ether oxygens (including phenoxy) is 1. The number of piperazine rings is 1. The smallest absolute Gasteiger partial charge is 0.255 e. The van der Waals surface area contributed by atoms with Crippen LogP contribution >= 0.6 is 0 Å². The molecule has 31 heavy (non-hydrogen) atoms. The highest BCUT2D eigenvalue weighted by Crippen LogP contribution is 2.21. The quantitative estimate of drug-likeness (QED) is 0.683. The van der Waals surface area contributed by atoms with Crippen molar-refractivity contribution in [3.05, 3.63) is 54.1 Å².